The highest BCUT2D eigenvalue weighted by Crippen LogP contribution is 2.30. The number of hydrogen-bond acceptors (Lipinski definition) is 3. The summed E-state index contributed by atoms with van der Waals surface area (Å²) < 4.78 is 45.8. The van der Waals surface area contributed by atoms with Gasteiger partial charge in [0, 0.05) is 10.9 Å². The first-order chi connectivity index (χ1) is 10.1. The van der Waals surface area contributed by atoms with Crippen molar-refractivity contribution < 1.29 is 17.6 Å². The molecule has 0 saturated carbocycles. The van der Waals surface area contributed by atoms with E-state index < -0.39 is 23.5 Å². The van der Waals surface area contributed by atoms with Crippen LogP contribution in [0.25, 0.3) is 11.0 Å². The van der Waals surface area contributed by atoms with E-state index in [4.69, 9.17) is 10.3 Å². The number of para-hydroxylation sites is 1. The largest absolute Gasteiger partial charge is 0.459 e. The van der Waals surface area contributed by atoms with E-state index in [0.717, 1.165) is 17.5 Å². The molecule has 1 heterocycles. The quantitative estimate of drug-likeness (QED) is 0.442. The van der Waals surface area contributed by atoms with Crippen LogP contribution in [0.1, 0.15) is 17.4 Å². The third kappa shape index (κ3) is 2.28. The van der Waals surface area contributed by atoms with Crippen molar-refractivity contribution in [3.63, 3.8) is 0 Å². The van der Waals surface area contributed by atoms with E-state index in [2.05, 4.69) is 5.43 Å². The third-order valence-electron chi connectivity index (χ3n) is 3.27. The molecule has 0 bridgehead atoms. The maximum atomic E-state index is 13.9. The van der Waals surface area contributed by atoms with Gasteiger partial charge < -0.3 is 4.42 Å². The van der Waals surface area contributed by atoms with E-state index in [0.29, 0.717) is 11.3 Å². The Morgan fingerprint density at radius 1 is 1.00 bits per heavy atom. The minimum atomic E-state index is -1.54. The van der Waals surface area contributed by atoms with Gasteiger partial charge in [-0.2, -0.15) is 0 Å². The molecule has 0 amide bonds. The van der Waals surface area contributed by atoms with Gasteiger partial charge in [-0.1, -0.05) is 24.3 Å². The number of rotatable bonds is 3. The Bertz CT molecular complexity index is 768. The van der Waals surface area contributed by atoms with Gasteiger partial charge in [-0.3, -0.25) is 5.84 Å². The Labute approximate surface area is 118 Å². The summed E-state index contributed by atoms with van der Waals surface area (Å²) in [5, 5.41) is 0.802. The highest BCUT2D eigenvalue weighted by Gasteiger charge is 2.24. The average Bonchev–Trinajstić information content (AvgIpc) is 2.91. The molecule has 3 rings (SSSR count). The maximum absolute atomic E-state index is 13.9. The van der Waals surface area contributed by atoms with E-state index in [9.17, 15) is 13.2 Å². The Morgan fingerprint density at radius 3 is 2.48 bits per heavy atom. The Balaban J connectivity index is 2.12. The fourth-order valence-electron chi connectivity index (χ4n) is 2.23. The second-order valence-electron chi connectivity index (χ2n) is 4.55. The molecule has 0 aliphatic carbocycles. The van der Waals surface area contributed by atoms with Crippen LogP contribution >= 0.6 is 0 Å². The van der Waals surface area contributed by atoms with Crippen molar-refractivity contribution in [2.45, 2.75) is 6.04 Å². The summed E-state index contributed by atoms with van der Waals surface area (Å²) in [5.41, 5.74) is 2.82. The number of nitrogens with one attached hydrogen (secondary N) is 1. The zero-order chi connectivity index (χ0) is 15.0. The predicted molar refractivity (Wildman–Crippen MR) is 71.7 cm³/mol. The zero-order valence-electron chi connectivity index (χ0n) is 10.7. The van der Waals surface area contributed by atoms with Crippen molar-refractivity contribution in [1.82, 2.24) is 5.43 Å². The molecule has 1 unspecified atom stereocenters. The number of halogens is 3. The molecule has 0 aliphatic rings. The molecular formula is C15H11F3N2O. The number of furan rings is 1. The van der Waals surface area contributed by atoms with Gasteiger partial charge in [0.05, 0.1) is 0 Å². The normalized spacial score (nSPS) is 12.8. The van der Waals surface area contributed by atoms with E-state index in [1.54, 1.807) is 18.2 Å². The summed E-state index contributed by atoms with van der Waals surface area (Å²) in [6.07, 6.45) is 0. The molecule has 0 radical (unpaired) electrons. The van der Waals surface area contributed by atoms with Crippen LogP contribution in [-0.2, 0) is 0 Å². The average molecular weight is 292 g/mol. The number of benzene rings is 2. The molecule has 6 heteroatoms. The van der Waals surface area contributed by atoms with Gasteiger partial charge in [-0.15, -0.1) is 0 Å². The lowest BCUT2D eigenvalue weighted by Gasteiger charge is -2.15. The molecule has 0 fully saturated rings. The molecule has 0 saturated heterocycles. The Hall–Kier alpha value is -2.31. The molecule has 21 heavy (non-hydrogen) atoms. The lowest BCUT2D eigenvalue weighted by Crippen LogP contribution is -2.29. The lowest BCUT2D eigenvalue weighted by molar-refractivity contribution is 0.418. The Kier molecular flexibility index (Phi) is 3.40. The smallest absolute Gasteiger partial charge is 0.194 e. The second-order valence-corrected chi connectivity index (χ2v) is 4.55. The molecule has 2 aromatic carbocycles. The van der Waals surface area contributed by atoms with Gasteiger partial charge in [0.1, 0.15) is 17.4 Å². The van der Waals surface area contributed by atoms with Crippen LogP contribution < -0.4 is 11.3 Å². The van der Waals surface area contributed by atoms with E-state index in [1.807, 2.05) is 12.1 Å². The van der Waals surface area contributed by atoms with Gasteiger partial charge in [-0.05, 0) is 18.2 Å². The fourth-order valence-corrected chi connectivity index (χ4v) is 2.23. The number of hydrazine groups is 1. The number of hydrogen-bond donors (Lipinski definition) is 2. The van der Waals surface area contributed by atoms with Crippen molar-refractivity contribution in [3.05, 3.63) is 71.2 Å². The minimum Gasteiger partial charge on any atom is -0.459 e. The molecule has 108 valence electrons. The highest BCUT2D eigenvalue weighted by molar-refractivity contribution is 5.77. The first-order valence-electron chi connectivity index (χ1n) is 6.20. The summed E-state index contributed by atoms with van der Waals surface area (Å²) in [5.74, 6) is 1.65. The van der Waals surface area contributed by atoms with Crippen molar-refractivity contribution in [2.75, 3.05) is 0 Å². The van der Waals surface area contributed by atoms with E-state index in [-0.39, 0.29) is 5.56 Å². The monoisotopic (exact) mass is 292 g/mol. The highest BCUT2D eigenvalue weighted by atomic mass is 19.2. The molecule has 0 aliphatic heterocycles. The molecule has 3 nitrogen and oxygen atoms in total. The minimum absolute atomic E-state index is 0.129. The molecule has 1 atom stereocenters. The van der Waals surface area contributed by atoms with Crippen molar-refractivity contribution in [2.24, 2.45) is 5.84 Å². The molecule has 3 N–H and O–H groups in total. The molecule has 3 aromatic rings. The van der Waals surface area contributed by atoms with Gasteiger partial charge in [0.2, 0.25) is 0 Å². The molecular weight excluding hydrogens is 281 g/mol. The van der Waals surface area contributed by atoms with Gasteiger partial charge in [0.15, 0.2) is 17.5 Å². The fraction of sp³-hybridized carbons (Fsp3) is 0.0667. The second kappa shape index (κ2) is 5.23. The SMILES string of the molecule is NNC(c1cc2ccccc2o1)c1ccc(F)c(F)c1F. The van der Waals surface area contributed by atoms with Crippen LogP contribution in [0.3, 0.4) is 0 Å². The predicted octanol–water partition coefficient (Wildman–Crippen LogP) is 3.40. The van der Waals surface area contributed by atoms with Crippen LogP contribution in [-0.4, -0.2) is 0 Å². The Morgan fingerprint density at radius 2 is 1.76 bits per heavy atom. The van der Waals surface area contributed by atoms with Gasteiger partial charge >= 0.3 is 0 Å². The summed E-state index contributed by atoms with van der Waals surface area (Å²) in [7, 11) is 0. The van der Waals surface area contributed by atoms with Crippen molar-refractivity contribution in [3.8, 4) is 0 Å². The van der Waals surface area contributed by atoms with Crippen molar-refractivity contribution in [1.29, 1.82) is 0 Å². The van der Waals surface area contributed by atoms with Crippen LogP contribution in [0.2, 0.25) is 0 Å². The van der Waals surface area contributed by atoms with E-state index in [1.165, 1.54) is 0 Å². The van der Waals surface area contributed by atoms with Crippen LogP contribution in [0.5, 0.6) is 0 Å². The first-order valence-corrected chi connectivity index (χ1v) is 6.20. The van der Waals surface area contributed by atoms with Gasteiger partial charge in [-0.25, -0.2) is 18.6 Å². The van der Waals surface area contributed by atoms with Crippen LogP contribution in [0.15, 0.2) is 46.9 Å². The van der Waals surface area contributed by atoms with Crippen molar-refractivity contribution >= 4 is 11.0 Å². The van der Waals surface area contributed by atoms with Crippen LogP contribution in [0.4, 0.5) is 13.2 Å². The molecule has 0 spiro atoms. The summed E-state index contributed by atoms with van der Waals surface area (Å²) in [4.78, 5) is 0. The lowest BCUT2D eigenvalue weighted by atomic mass is 10.0. The summed E-state index contributed by atoms with van der Waals surface area (Å²) in [6.45, 7) is 0. The topological polar surface area (TPSA) is 51.2 Å². The maximum Gasteiger partial charge on any atom is 0.194 e. The van der Waals surface area contributed by atoms with Gasteiger partial charge in [0.25, 0.3) is 0 Å². The first kappa shape index (κ1) is 13.7. The van der Waals surface area contributed by atoms with E-state index >= 15 is 0 Å². The summed E-state index contributed by atoms with van der Waals surface area (Å²) >= 11 is 0. The third-order valence-corrected chi connectivity index (χ3v) is 3.27. The molecule has 1 aromatic heterocycles. The number of nitrogens with two attached hydrogens (primary N) is 1. The standard InChI is InChI=1S/C15H11F3N2O/c16-10-6-5-9(13(17)14(10)18)15(20-19)12-7-8-3-1-2-4-11(8)21-12/h1-7,15,20H,19H2. The van der Waals surface area contributed by atoms with Crippen LogP contribution in [0, 0.1) is 17.5 Å². The number of fused-ring (bicyclic) bond motifs is 1. The summed E-state index contributed by atoms with van der Waals surface area (Å²) in [6, 6.07) is 9.90. The zero-order valence-corrected chi connectivity index (χ0v) is 10.7.